The molecule has 2 heterocycles. The first-order valence-corrected chi connectivity index (χ1v) is 3.59. The molecule has 12 heavy (non-hydrogen) atoms. The molecule has 0 spiro atoms. The Labute approximate surface area is 69.2 Å². The first-order valence-electron chi connectivity index (χ1n) is 3.59. The van der Waals surface area contributed by atoms with Crippen LogP contribution in [0.15, 0.2) is 18.3 Å². The third-order valence-electron chi connectivity index (χ3n) is 1.64. The van der Waals surface area contributed by atoms with Gasteiger partial charge in [-0.1, -0.05) is 0 Å². The lowest BCUT2D eigenvalue weighted by molar-refractivity contribution is 0.949. The standard InChI is InChI=1S/C7H9N5/c1-9-6-2-3-7-10-4-5(8)12(7)11-6/h2-4H,8H2,1H3,(H,9,11). The van der Waals surface area contributed by atoms with Gasteiger partial charge in [0.05, 0.1) is 6.20 Å². The predicted octanol–water partition coefficient (Wildman–Crippen LogP) is 0.353. The summed E-state index contributed by atoms with van der Waals surface area (Å²) in [5, 5.41) is 7.09. The quantitative estimate of drug-likeness (QED) is 0.636. The van der Waals surface area contributed by atoms with Crippen LogP contribution in [0.4, 0.5) is 11.6 Å². The van der Waals surface area contributed by atoms with E-state index in [-0.39, 0.29) is 0 Å². The van der Waals surface area contributed by atoms with Gasteiger partial charge in [-0.25, -0.2) is 4.98 Å². The van der Waals surface area contributed by atoms with Crippen LogP contribution in [0, 0.1) is 0 Å². The van der Waals surface area contributed by atoms with Gasteiger partial charge < -0.3 is 11.1 Å². The van der Waals surface area contributed by atoms with Crippen LogP contribution in [0.1, 0.15) is 0 Å². The highest BCUT2D eigenvalue weighted by molar-refractivity contribution is 5.49. The highest BCUT2D eigenvalue weighted by atomic mass is 15.3. The number of aromatic nitrogens is 3. The smallest absolute Gasteiger partial charge is 0.156 e. The lowest BCUT2D eigenvalue weighted by Crippen LogP contribution is -2.00. The van der Waals surface area contributed by atoms with Gasteiger partial charge in [-0.15, -0.1) is 5.10 Å². The van der Waals surface area contributed by atoms with Crippen molar-refractivity contribution in [2.75, 3.05) is 18.1 Å². The maximum Gasteiger partial charge on any atom is 0.156 e. The van der Waals surface area contributed by atoms with Gasteiger partial charge in [0.2, 0.25) is 0 Å². The molecule has 0 fully saturated rings. The molecule has 0 aliphatic rings. The van der Waals surface area contributed by atoms with Crippen molar-refractivity contribution in [1.82, 2.24) is 14.6 Å². The average Bonchev–Trinajstić information content (AvgIpc) is 2.47. The van der Waals surface area contributed by atoms with Crippen LogP contribution < -0.4 is 11.1 Å². The van der Waals surface area contributed by atoms with Crippen molar-refractivity contribution < 1.29 is 0 Å². The minimum atomic E-state index is 0.544. The van der Waals surface area contributed by atoms with E-state index in [1.807, 2.05) is 12.1 Å². The van der Waals surface area contributed by atoms with Crippen molar-refractivity contribution in [3.8, 4) is 0 Å². The molecule has 2 aromatic rings. The van der Waals surface area contributed by atoms with E-state index < -0.39 is 0 Å². The molecule has 5 heteroatoms. The molecule has 0 atom stereocenters. The molecule has 3 N–H and O–H groups in total. The minimum Gasteiger partial charge on any atom is -0.382 e. The normalized spacial score (nSPS) is 10.4. The monoisotopic (exact) mass is 163 g/mol. The van der Waals surface area contributed by atoms with E-state index in [0.29, 0.717) is 5.82 Å². The summed E-state index contributed by atoms with van der Waals surface area (Å²) in [7, 11) is 1.81. The Bertz CT molecular complexity index is 405. The Kier molecular flexibility index (Phi) is 1.36. The maximum atomic E-state index is 5.61. The van der Waals surface area contributed by atoms with Gasteiger partial charge in [0.1, 0.15) is 11.6 Å². The van der Waals surface area contributed by atoms with E-state index in [9.17, 15) is 0 Å². The second-order valence-electron chi connectivity index (χ2n) is 2.42. The van der Waals surface area contributed by atoms with E-state index in [1.54, 1.807) is 17.8 Å². The van der Waals surface area contributed by atoms with Crippen molar-refractivity contribution >= 4 is 17.3 Å². The summed E-state index contributed by atoms with van der Waals surface area (Å²) in [4.78, 5) is 4.04. The number of nitrogens with two attached hydrogens (primary N) is 1. The SMILES string of the molecule is CNc1ccc2ncc(N)n2n1. The van der Waals surface area contributed by atoms with Crippen LogP contribution in [-0.2, 0) is 0 Å². The molecule has 0 aliphatic heterocycles. The zero-order valence-electron chi connectivity index (χ0n) is 6.65. The molecule has 5 nitrogen and oxygen atoms in total. The number of hydrogen-bond donors (Lipinski definition) is 2. The van der Waals surface area contributed by atoms with E-state index in [1.165, 1.54) is 0 Å². The van der Waals surface area contributed by atoms with E-state index in [0.717, 1.165) is 11.5 Å². The summed E-state index contributed by atoms with van der Waals surface area (Å²) in [5.74, 6) is 1.31. The molecular weight excluding hydrogens is 154 g/mol. The summed E-state index contributed by atoms with van der Waals surface area (Å²) < 4.78 is 1.59. The number of anilines is 2. The van der Waals surface area contributed by atoms with Crippen molar-refractivity contribution in [1.29, 1.82) is 0 Å². The van der Waals surface area contributed by atoms with Crippen LogP contribution >= 0.6 is 0 Å². The Morgan fingerprint density at radius 2 is 2.33 bits per heavy atom. The summed E-state index contributed by atoms with van der Waals surface area (Å²) in [5.41, 5.74) is 6.37. The zero-order chi connectivity index (χ0) is 8.55. The maximum absolute atomic E-state index is 5.61. The van der Waals surface area contributed by atoms with Crippen LogP contribution in [0.2, 0.25) is 0 Å². The van der Waals surface area contributed by atoms with Crippen molar-refractivity contribution in [2.24, 2.45) is 0 Å². The van der Waals surface area contributed by atoms with Gasteiger partial charge in [-0.2, -0.15) is 4.52 Å². The Morgan fingerprint density at radius 3 is 3.08 bits per heavy atom. The molecule has 0 aromatic carbocycles. The van der Waals surface area contributed by atoms with Gasteiger partial charge >= 0.3 is 0 Å². The average molecular weight is 163 g/mol. The number of fused-ring (bicyclic) bond motifs is 1. The van der Waals surface area contributed by atoms with Crippen LogP contribution in [0.5, 0.6) is 0 Å². The molecule has 62 valence electrons. The van der Waals surface area contributed by atoms with Gasteiger partial charge in [-0.05, 0) is 12.1 Å². The number of rotatable bonds is 1. The summed E-state index contributed by atoms with van der Waals surface area (Å²) in [6, 6.07) is 3.71. The van der Waals surface area contributed by atoms with Crippen molar-refractivity contribution in [3.63, 3.8) is 0 Å². The van der Waals surface area contributed by atoms with E-state index >= 15 is 0 Å². The molecular formula is C7H9N5. The van der Waals surface area contributed by atoms with Crippen molar-refractivity contribution in [2.45, 2.75) is 0 Å². The zero-order valence-corrected chi connectivity index (χ0v) is 6.65. The minimum absolute atomic E-state index is 0.544. The summed E-state index contributed by atoms with van der Waals surface area (Å²) in [6.07, 6.45) is 1.59. The fraction of sp³-hybridized carbons (Fsp3) is 0.143. The highest BCUT2D eigenvalue weighted by Crippen LogP contribution is 2.08. The number of nitrogens with zero attached hydrogens (tertiary/aromatic N) is 3. The number of nitrogens with one attached hydrogen (secondary N) is 1. The molecule has 0 aliphatic carbocycles. The second kappa shape index (κ2) is 2.37. The van der Waals surface area contributed by atoms with Gasteiger partial charge in [0.25, 0.3) is 0 Å². The van der Waals surface area contributed by atoms with Crippen LogP contribution in [0.25, 0.3) is 5.65 Å². The lowest BCUT2D eigenvalue weighted by atomic mass is 10.5. The molecule has 0 radical (unpaired) electrons. The topological polar surface area (TPSA) is 68.2 Å². The second-order valence-corrected chi connectivity index (χ2v) is 2.42. The van der Waals surface area contributed by atoms with Gasteiger partial charge in [0.15, 0.2) is 5.65 Å². The first-order chi connectivity index (χ1) is 5.81. The Morgan fingerprint density at radius 1 is 1.50 bits per heavy atom. The van der Waals surface area contributed by atoms with E-state index in [4.69, 9.17) is 5.73 Å². The predicted molar refractivity (Wildman–Crippen MR) is 46.9 cm³/mol. The first kappa shape index (κ1) is 6.90. The molecule has 0 bridgehead atoms. The Hall–Kier alpha value is -1.78. The largest absolute Gasteiger partial charge is 0.382 e. The third kappa shape index (κ3) is 0.868. The summed E-state index contributed by atoms with van der Waals surface area (Å²) in [6.45, 7) is 0. The van der Waals surface area contributed by atoms with E-state index in [2.05, 4.69) is 15.4 Å². The molecule has 0 saturated carbocycles. The number of hydrogen-bond acceptors (Lipinski definition) is 4. The molecule has 0 saturated heterocycles. The summed E-state index contributed by atoms with van der Waals surface area (Å²) >= 11 is 0. The number of nitrogen functional groups attached to an aromatic ring is 1. The van der Waals surface area contributed by atoms with Gasteiger partial charge in [-0.3, -0.25) is 0 Å². The number of imidazole rings is 1. The fourth-order valence-corrected chi connectivity index (χ4v) is 1.02. The van der Waals surface area contributed by atoms with Gasteiger partial charge in [0, 0.05) is 7.05 Å². The Balaban J connectivity index is 2.71. The van der Waals surface area contributed by atoms with Crippen LogP contribution in [0.3, 0.4) is 0 Å². The van der Waals surface area contributed by atoms with Crippen LogP contribution in [-0.4, -0.2) is 21.6 Å². The third-order valence-corrected chi connectivity index (χ3v) is 1.64. The highest BCUT2D eigenvalue weighted by Gasteiger charge is 1.99. The molecule has 0 unspecified atom stereocenters. The molecule has 0 amide bonds. The van der Waals surface area contributed by atoms with Crippen molar-refractivity contribution in [3.05, 3.63) is 18.3 Å². The lowest BCUT2D eigenvalue weighted by Gasteiger charge is -1.99. The molecule has 2 aromatic heterocycles. The fourth-order valence-electron chi connectivity index (χ4n) is 1.02. The molecule has 2 rings (SSSR count).